The third-order valence-corrected chi connectivity index (χ3v) is 4.74. The molecule has 2 heterocycles. The van der Waals surface area contributed by atoms with Crippen molar-refractivity contribution in [3.8, 4) is 0 Å². The summed E-state index contributed by atoms with van der Waals surface area (Å²) in [5.41, 5.74) is 2.74. The quantitative estimate of drug-likeness (QED) is 0.787. The lowest BCUT2D eigenvalue weighted by molar-refractivity contribution is 0.216. The first-order valence-corrected chi connectivity index (χ1v) is 8.37. The Morgan fingerprint density at radius 2 is 1.92 bits per heavy atom. The third kappa shape index (κ3) is 2.74. The van der Waals surface area contributed by atoms with Crippen molar-refractivity contribution in [1.82, 2.24) is 9.80 Å². The molecule has 1 saturated heterocycles. The molecule has 0 radical (unpaired) electrons. The van der Waals surface area contributed by atoms with E-state index in [-0.39, 0.29) is 5.82 Å². The maximum absolute atomic E-state index is 14.5. The van der Waals surface area contributed by atoms with Crippen molar-refractivity contribution in [1.29, 1.82) is 0 Å². The number of nitrogens with one attached hydrogen (secondary N) is 1. The van der Waals surface area contributed by atoms with Gasteiger partial charge in [0.15, 0.2) is 0 Å². The molecule has 0 amide bonds. The van der Waals surface area contributed by atoms with Gasteiger partial charge in [0.25, 0.3) is 0 Å². The Balaban J connectivity index is 1.87. The van der Waals surface area contributed by atoms with E-state index in [9.17, 15) is 4.39 Å². The van der Waals surface area contributed by atoms with Crippen LogP contribution in [0.3, 0.4) is 0 Å². The highest BCUT2D eigenvalue weighted by Gasteiger charge is 2.25. The number of para-hydroxylation sites is 1. The second-order valence-electron chi connectivity index (χ2n) is 6.17. The molecule has 124 valence electrons. The fourth-order valence-corrected chi connectivity index (χ4v) is 3.28. The van der Waals surface area contributed by atoms with Crippen LogP contribution in [0.25, 0.3) is 0 Å². The number of nitrogens with zero attached hydrogens (tertiary/aromatic N) is 3. The number of piperazine rings is 1. The third-order valence-electron chi connectivity index (χ3n) is 4.50. The van der Waals surface area contributed by atoms with Gasteiger partial charge < -0.3 is 15.1 Å². The van der Waals surface area contributed by atoms with E-state index in [4.69, 9.17) is 16.6 Å². The van der Waals surface area contributed by atoms with Crippen molar-refractivity contribution in [3.05, 3.63) is 52.8 Å². The van der Waals surface area contributed by atoms with Crippen LogP contribution in [0.15, 0.2) is 41.4 Å². The second-order valence-corrected chi connectivity index (χ2v) is 6.61. The Morgan fingerprint density at radius 3 is 2.71 bits per heavy atom. The van der Waals surface area contributed by atoms with Crippen molar-refractivity contribution >= 4 is 34.5 Å². The average molecular weight is 345 g/mol. The van der Waals surface area contributed by atoms with E-state index in [1.165, 1.54) is 6.07 Å². The van der Waals surface area contributed by atoms with Gasteiger partial charge in [-0.15, -0.1) is 0 Å². The number of likely N-dealkylation sites (N-methyl/N-ethyl adjacent to an activating group) is 1. The largest absolute Gasteiger partial charge is 0.353 e. The van der Waals surface area contributed by atoms with Gasteiger partial charge in [0.2, 0.25) is 0 Å². The van der Waals surface area contributed by atoms with Gasteiger partial charge in [-0.25, -0.2) is 9.38 Å². The Bertz CT molecular complexity index is 813. The van der Waals surface area contributed by atoms with Gasteiger partial charge in [-0.05, 0) is 37.4 Å². The molecule has 0 spiro atoms. The minimum Gasteiger partial charge on any atom is -0.353 e. The van der Waals surface area contributed by atoms with Crippen LogP contribution < -0.4 is 5.32 Å². The maximum Gasteiger partial charge on any atom is 0.147 e. The lowest BCUT2D eigenvalue weighted by atomic mass is 10.1. The van der Waals surface area contributed by atoms with Gasteiger partial charge in [0.05, 0.1) is 17.1 Å². The minimum atomic E-state index is -0.280. The molecule has 1 N–H and O–H groups in total. The monoisotopic (exact) mass is 344 g/mol. The van der Waals surface area contributed by atoms with Crippen molar-refractivity contribution in [2.75, 3.05) is 38.5 Å². The lowest BCUT2D eigenvalue weighted by Gasteiger charge is -2.34. The van der Waals surface area contributed by atoms with Crippen molar-refractivity contribution in [2.24, 2.45) is 4.99 Å². The molecule has 24 heavy (non-hydrogen) atoms. The summed E-state index contributed by atoms with van der Waals surface area (Å²) < 4.78 is 14.5. The summed E-state index contributed by atoms with van der Waals surface area (Å²) >= 11 is 6.13. The summed E-state index contributed by atoms with van der Waals surface area (Å²) in [7, 11) is 2.11. The van der Waals surface area contributed by atoms with Gasteiger partial charge in [-0.1, -0.05) is 17.7 Å². The summed E-state index contributed by atoms with van der Waals surface area (Å²) in [6, 6.07) is 10.5. The Kier molecular flexibility index (Phi) is 3.90. The fraction of sp³-hybridized carbons (Fsp3) is 0.278. The Morgan fingerprint density at radius 1 is 1.12 bits per heavy atom. The number of anilines is 2. The van der Waals surface area contributed by atoms with Crippen LogP contribution in [0.4, 0.5) is 21.5 Å². The van der Waals surface area contributed by atoms with Crippen LogP contribution in [-0.4, -0.2) is 48.9 Å². The molecule has 0 bridgehead atoms. The number of benzene rings is 2. The smallest absolute Gasteiger partial charge is 0.147 e. The first-order valence-electron chi connectivity index (χ1n) is 7.99. The highest BCUT2D eigenvalue weighted by atomic mass is 35.5. The van der Waals surface area contributed by atoms with Crippen LogP contribution in [0.5, 0.6) is 0 Å². The van der Waals surface area contributed by atoms with Gasteiger partial charge in [0, 0.05) is 36.8 Å². The summed E-state index contributed by atoms with van der Waals surface area (Å²) in [5, 5.41) is 3.81. The molecular weight excluding hydrogens is 327 g/mol. The topological polar surface area (TPSA) is 30.9 Å². The second kappa shape index (κ2) is 6.07. The molecule has 0 atom stereocenters. The first-order chi connectivity index (χ1) is 11.6. The van der Waals surface area contributed by atoms with Crippen LogP contribution in [0, 0.1) is 5.82 Å². The zero-order valence-electron chi connectivity index (χ0n) is 13.4. The van der Waals surface area contributed by atoms with Crippen molar-refractivity contribution in [3.63, 3.8) is 0 Å². The number of hydrogen-bond donors (Lipinski definition) is 1. The Labute approximate surface area is 145 Å². The molecule has 0 saturated carbocycles. The van der Waals surface area contributed by atoms with Gasteiger partial charge in [0.1, 0.15) is 11.7 Å². The molecule has 2 aromatic rings. The number of halogens is 2. The van der Waals surface area contributed by atoms with E-state index >= 15 is 0 Å². The maximum atomic E-state index is 14.5. The zero-order valence-corrected chi connectivity index (χ0v) is 14.1. The van der Waals surface area contributed by atoms with Crippen LogP contribution in [0.1, 0.15) is 5.56 Å². The zero-order chi connectivity index (χ0) is 16.7. The highest BCUT2D eigenvalue weighted by Crippen LogP contribution is 2.37. The SMILES string of the molecule is CN1CCN(C2=Nc3cc(Cl)ccc3Nc3c(F)cccc32)CC1. The molecule has 0 unspecified atom stereocenters. The number of rotatable bonds is 0. The molecule has 1 fully saturated rings. The normalized spacial score (nSPS) is 17.5. The molecular formula is C18H18ClFN4. The molecule has 2 aromatic carbocycles. The molecule has 0 aliphatic carbocycles. The molecule has 0 aromatic heterocycles. The Hall–Kier alpha value is -2.11. The molecule has 4 rings (SSSR count). The van der Waals surface area contributed by atoms with Crippen LogP contribution in [-0.2, 0) is 0 Å². The summed E-state index contributed by atoms with van der Waals surface area (Å²) in [6.07, 6.45) is 0. The summed E-state index contributed by atoms with van der Waals surface area (Å²) in [6.45, 7) is 3.64. The average Bonchev–Trinajstić information content (AvgIpc) is 2.73. The standard InChI is InChI=1S/C18H18ClFN4/c1-23-7-9-24(10-8-23)18-13-3-2-4-14(20)17(13)21-15-6-5-12(19)11-16(15)22-18/h2-6,11,21H,7-10H2,1H3. The summed E-state index contributed by atoms with van der Waals surface area (Å²) in [5.74, 6) is 0.517. The van der Waals surface area contributed by atoms with Crippen molar-refractivity contribution < 1.29 is 4.39 Å². The van der Waals surface area contributed by atoms with E-state index in [0.717, 1.165) is 49.0 Å². The molecule has 4 nitrogen and oxygen atoms in total. The first kappa shape index (κ1) is 15.4. The van der Waals surface area contributed by atoms with E-state index in [0.29, 0.717) is 10.7 Å². The number of fused-ring (bicyclic) bond motifs is 2. The van der Waals surface area contributed by atoms with Gasteiger partial charge in [-0.3, -0.25) is 0 Å². The molecule has 6 heteroatoms. The number of hydrogen-bond acceptors (Lipinski definition) is 4. The molecule has 2 aliphatic rings. The predicted molar refractivity (Wildman–Crippen MR) is 96.4 cm³/mol. The van der Waals surface area contributed by atoms with E-state index < -0.39 is 0 Å². The fourth-order valence-electron chi connectivity index (χ4n) is 3.11. The predicted octanol–water partition coefficient (Wildman–Crippen LogP) is 3.86. The number of amidine groups is 1. The minimum absolute atomic E-state index is 0.280. The summed E-state index contributed by atoms with van der Waals surface area (Å²) in [4.78, 5) is 9.34. The van der Waals surface area contributed by atoms with E-state index in [2.05, 4.69) is 22.2 Å². The van der Waals surface area contributed by atoms with Crippen LogP contribution >= 0.6 is 11.6 Å². The lowest BCUT2D eigenvalue weighted by Crippen LogP contribution is -2.47. The van der Waals surface area contributed by atoms with Crippen LogP contribution in [0.2, 0.25) is 5.02 Å². The highest BCUT2D eigenvalue weighted by molar-refractivity contribution is 6.31. The van der Waals surface area contributed by atoms with E-state index in [1.54, 1.807) is 12.1 Å². The van der Waals surface area contributed by atoms with E-state index in [1.807, 2.05) is 18.2 Å². The van der Waals surface area contributed by atoms with Crippen molar-refractivity contribution in [2.45, 2.75) is 0 Å². The van der Waals surface area contributed by atoms with Gasteiger partial charge >= 0.3 is 0 Å². The van der Waals surface area contributed by atoms with Gasteiger partial charge in [-0.2, -0.15) is 0 Å². The molecule has 2 aliphatic heterocycles. The number of aliphatic imine (C=N–C) groups is 1.